The zero-order valence-corrected chi connectivity index (χ0v) is 23.4. The lowest BCUT2D eigenvalue weighted by Gasteiger charge is -2.19. The molecule has 12 heteroatoms. The molecule has 2 aromatic rings. The molecule has 2 aliphatic rings. The molecule has 0 radical (unpaired) electrons. The summed E-state index contributed by atoms with van der Waals surface area (Å²) in [5.41, 5.74) is 14.2. The number of rotatable bonds is 4. The number of ether oxygens (including phenoxy) is 1. The SMILES string of the molecule is CCc1cc2c(cc1C(=O)N=C(N)N)S(=O)(=O)CCC2.CCc1cc2c(cc1C(=O)OC)S(=O)(=O)CCC2. The van der Waals surface area contributed by atoms with Crippen LogP contribution < -0.4 is 11.5 Å². The Hall–Kier alpha value is -3.25. The van der Waals surface area contributed by atoms with Crippen LogP contribution in [0.15, 0.2) is 39.0 Å². The zero-order chi connectivity index (χ0) is 28.3. The number of hydrogen-bond acceptors (Lipinski definition) is 7. The molecule has 10 nitrogen and oxygen atoms in total. The fraction of sp³-hybridized carbons (Fsp3) is 0.423. The normalized spacial score (nSPS) is 16.6. The van der Waals surface area contributed by atoms with E-state index in [1.165, 1.54) is 19.2 Å². The number of carbonyl (C=O) groups is 2. The van der Waals surface area contributed by atoms with Crippen LogP contribution in [0.4, 0.5) is 0 Å². The van der Waals surface area contributed by atoms with E-state index in [9.17, 15) is 26.4 Å². The van der Waals surface area contributed by atoms with Gasteiger partial charge < -0.3 is 16.2 Å². The second-order valence-electron chi connectivity index (χ2n) is 9.12. The third kappa shape index (κ3) is 6.24. The highest BCUT2D eigenvalue weighted by Gasteiger charge is 2.27. The molecule has 1 amide bonds. The average molecular weight is 564 g/mol. The summed E-state index contributed by atoms with van der Waals surface area (Å²) in [6.45, 7) is 3.83. The van der Waals surface area contributed by atoms with E-state index in [4.69, 9.17) is 16.2 Å². The maximum absolute atomic E-state index is 12.1. The van der Waals surface area contributed by atoms with Gasteiger partial charge in [-0.3, -0.25) is 4.79 Å². The van der Waals surface area contributed by atoms with Gasteiger partial charge >= 0.3 is 5.97 Å². The quantitative estimate of drug-likeness (QED) is 0.320. The summed E-state index contributed by atoms with van der Waals surface area (Å²) < 4.78 is 52.8. The molecule has 206 valence electrons. The van der Waals surface area contributed by atoms with Crippen LogP contribution in [0.5, 0.6) is 0 Å². The molecular formula is C26H33N3O7S2. The Morgan fingerprint density at radius 3 is 1.68 bits per heavy atom. The number of esters is 1. The van der Waals surface area contributed by atoms with Crippen LogP contribution in [0.25, 0.3) is 0 Å². The van der Waals surface area contributed by atoms with Crippen molar-refractivity contribution < 1.29 is 31.2 Å². The summed E-state index contributed by atoms with van der Waals surface area (Å²) >= 11 is 0. The van der Waals surface area contributed by atoms with Gasteiger partial charge in [0, 0.05) is 5.56 Å². The van der Waals surface area contributed by atoms with Crippen LogP contribution in [-0.4, -0.2) is 53.3 Å². The van der Waals surface area contributed by atoms with Gasteiger partial charge in [-0.1, -0.05) is 26.0 Å². The van der Waals surface area contributed by atoms with E-state index in [0.29, 0.717) is 42.6 Å². The third-order valence-electron chi connectivity index (χ3n) is 6.59. The molecule has 0 atom stereocenters. The molecule has 0 aromatic heterocycles. The van der Waals surface area contributed by atoms with Gasteiger partial charge in [-0.15, -0.1) is 0 Å². The minimum absolute atomic E-state index is 0.112. The zero-order valence-electron chi connectivity index (χ0n) is 21.7. The van der Waals surface area contributed by atoms with Crippen LogP contribution in [0, 0.1) is 0 Å². The number of nitrogens with zero attached hydrogens (tertiary/aromatic N) is 1. The Kier molecular flexibility index (Phi) is 8.98. The van der Waals surface area contributed by atoms with Crippen LogP contribution in [0.1, 0.15) is 69.7 Å². The summed E-state index contributed by atoms with van der Waals surface area (Å²) in [6.07, 6.45) is 4.00. The van der Waals surface area contributed by atoms with Gasteiger partial charge in [0.15, 0.2) is 25.6 Å². The van der Waals surface area contributed by atoms with E-state index in [1.807, 2.05) is 19.9 Å². The first kappa shape index (κ1) is 29.3. The number of hydrogen-bond donors (Lipinski definition) is 2. The second-order valence-corrected chi connectivity index (χ2v) is 13.3. The van der Waals surface area contributed by atoms with Crippen molar-refractivity contribution in [2.75, 3.05) is 18.6 Å². The average Bonchev–Trinajstić information content (AvgIpc) is 2.86. The van der Waals surface area contributed by atoms with Gasteiger partial charge in [0.1, 0.15) is 0 Å². The maximum Gasteiger partial charge on any atom is 0.338 e. The van der Waals surface area contributed by atoms with Gasteiger partial charge in [0.25, 0.3) is 5.91 Å². The lowest BCUT2D eigenvalue weighted by atomic mass is 9.99. The van der Waals surface area contributed by atoms with Gasteiger partial charge in [0.2, 0.25) is 0 Å². The molecule has 0 saturated carbocycles. The molecule has 0 unspecified atom stereocenters. The number of nitrogens with two attached hydrogens (primary N) is 2. The largest absolute Gasteiger partial charge is 0.465 e. The lowest BCUT2D eigenvalue weighted by molar-refractivity contribution is 0.0599. The van der Waals surface area contributed by atoms with E-state index in [1.54, 1.807) is 6.07 Å². The molecule has 0 fully saturated rings. The fourth-order valence-corrected chi connectivity index (χ4v) is 7.91. The van der Waals surface area contributed by atoms with Crippen molar-refractivity contribution in [2.24, 2.45) is 16.5 Å². The number of carbonyl (C=O) groups excluding carboxylic acids is 2. The summed E-state index contributed by atoms with van der Waals surface area (Å²) in [5.74, 6) is -1.15. The number of amides is 1. The second kappa shape index (κ2) is 11.6. The predicted molar refractivity (Wildman–Crippen MR) is 144 cm³/mol. The number of guanidine groups is 1. The lowest BCUT2D eigenvalue weighted by Crippen LogP contribution is -2.25. The summed E-state index contributed by atoms with van der Waals surface area (Å²) in [6, 6.07) is 6.51. The predicted octanol–water partition coefficient (Wildman–Crippen LogP) is 2.14. The highest BCUT2D eigenvalue weighted by atomic mass is 32.2. The highest BCUT2D eigenvalue weighted by Crippen LogP contribution is 2.30. The van der Waals surface area contributed by atoms with Gasteiger partial charge in [-0.2, -0.15) is 4.99 Å². The van der Waals surface area contributed by atoms with Crippen LogP contribution in [-0.2, 0) is 50.1 Å². The summed E-state index contributed by atoms with van der Waals surface area (Å²) in [4.78, 5) is 27.7. The minimum atomic E-state index is -3.31. The summed E-state index contributed by atoms with van der Waals surface area (Å²) in [7, 11) is -5.25. The first-order chi connectivity index (χ1) is 17.8. The molecule has 38 heavy (non-hydrogen) atoms. The molecule has 0 spiro atoms. The molecule has 4 rings (SSSR count). The van der Waals surface area contributed by atoms with E-state index < -0.39 is 31.6 Å². The molecule has 2 aliphatic heterocycles. The Bertz CT molecular complexity index is 1510. The van der Waals surface area contributed by atoms with Crippen LogP contribution >= 0.6 is 0 Å². The van der Waals surface area contributed by atoms with Crippen molar-refractivity contribution >= 4 is 37.5 Å². The third-order valence-corrected chi connectivity index (χ3v) is 10.3. The molecule has 2 aromatic carbocycles. The van der Waals surface area contributed by atoms with E-state index in [2.05, 4.69) is 4.99 Å². The molecular weight excluding hydrogens is 530 g/mol. The minimum Gasteiger partial charge on any atom is -0.465 e. The fourth-order valence-electron chi connectivity index (χ4n) is 4.71. The van der Waals surface area contributed by atoms with Gasteiger partial charge in [-0.25, -0.2) is 21.6 Å². The number of methoxy groups -OCH3 is 1. The number of sulfone groups is 2. The van der Waals surface area contributed by atoms with E-state index in [0.717, 1.165) is 28.7 Å². The van der Waals surface area contributed by atoms with Gasteiger partial charge in [-0.05, 0) is 72.9 Å². The Morgan fingerprint density at radius 1 is 0.816 bits per heavy atom. The maximum atomic E-state index is 12.1. The van der Waals surface area contributed by atoms with E-state index in [-0.39, 0.29) is 27.9 Å². The molecule has 0 saturated heterocycles. The molecule has 0 aliphatic carbocycles. The highest BCUT2D eigenvalue weighted by molar-refractivity contribution is 7.91. The number of fused-ring (bicyclic) bond motifs is 2. The van der Waals surface area contributed by atoms with Crippen molar-refractivity contribution in [3.05, 3.63) is 57.6 Å². The standard InChI is InChI=1S/C13H17N3O3S.C13H16O4S/c1-2-8-6-9-4-3-5-20(18,19)11(9)7-10(8)12(17)16-13(14)15;1-3-9-7-10-5-4-6-18(15,16)12(10)8-11(9)13(14)17-2/h6-7H,2-5H2,1H3,(H4,14,15,16,17);7-8H,3-6H2,1-2H3. The van der Waals surface area contributed by atoms with Crippen LogP contribution in [0.2, 0.25) is 0 Å². The molecule has 2 heterocycles. The van der Waals surface area contributed by atoms with Crippen molar-refractivity contribution in [2.45, 2.75) is 62.2 Å². The number of aryl methyl sites for hydroxylation is 4. The molecule has 4 N–H and O–H groups in total. The van der Waals surface area contributed by atoms with E-state index >= 15 is 0 Å². The van der Waals surface area contributed by atoms with Crippen molar-refractivity contribution in [1.29, 1.82) is 0 Å². The van der Waals surface area contributed by atoms with Crippen LogP contribution in [0.3, 0.4) is 0 Å². The first-order valence-electron chi connectivity index (χ1n) is 12.3. The smallest absolute Gasteiger partial charge is 0.338 e. The first-order valence-corrected chi connectivity index (χ1v) is 15.6. The number of aliphatic imine (C=N–C) groups is 1. The van der Waals surface area contributed by atoms with Crippen molar-refractivity contribution in [3.8, 4) is 0 Å². The molecule has 0 bridgehead atoms. The van der Waals surface area contributed by atoms with Gasteiger partial charge in [0.05, 0.1) is 34.0 Å². The Morgan fingerprint density at radius 2 is 1.26 bits per heavy atom. The number of benzene rings is 2. The van der Waals surface area contributed by atoms with Crippen molar-refractivity contribution in [1.82, 2.24) is 0 Å². The summed E-state index contributed by atoms with van der Waals surface area (Å²) in [5, 5.41) is 0. The van der Waals surface area contributed by atoms with Crippen molar-refractivity contribution in [3.63, 3.8) is 0 Å². The Labute approximate surface area is 223 Å². The Balaban J connectivity index is 0.000000212. The topological polar surface area (TPSA) is 176 Å². The monoisotopic (exact) mass is 563 g/mol.